The van der Waals surface area contributed by atoms with Gasteiger partial charge >= 0.3 is 5.97 Å². The molecular formula is C14H17F2NO3. The van der Waals surface area contributed by atoms with Gasteiger partial charge in [0, 0.05) is 6.42 Å². The van der Waals surface area contributed by atoms with Crippen molar-refractivity contribution in [3.8, 4) is 0 Å². The Bertz CT molecular complexity index is 491. The highest BCUT2D eigenvalue weighted by atomic mass is 19.2. The van der Waals surface area contributed by atoms with E-state index in [1.807, 2.05) is 6.92 Å². The summed E-state index contributed by atoms with van der Waals surface area (Å²) >= 11 is 0. The summed E-state index contributed by atoms with van der Waals surface area (Å²) in [5.41, 5.74) is 0.0996. The van der Waals surface area contributed by atoms with Gasteiger partial charge in [-0.2, -0.15) is 0 Å². The second kappa shape index (κ2) is 7.57. The molecule has 1 rings (SSSR count). The molecule has 2 N–H and O–H groups in total. The minimum absolute atomic E-state index is 0.0217. The van der Waals surface area contributed by atoms with E-state index in [0.29, 0.717) is 12.8 Å². The van der Waals surface area contributed by atoms with E-state index >= 15 is 0 Å². The molecule has 1 atom stereocenters. The van der Waals surface area contributed by atoms with Crippen LogP contribution < -0.4 is 5.32 Å². The van der Waals surface area contributed by atoms with Gasteiger partial charge in [0.15, 0.2) is 11.6 Å². The van der Waals surface area contributed by atoms with E-state index in [-0.39, 0.29) is 18.4 Å². The highest BCUT2D eigenvalue weighted by Gasteiger charge is 2.19. The molecule has 0 spiro atoms. The van der Waals surface area contributed by atoms with Crippen molar-refractivity contribution in [2.75, 3.05) is 0 Å². The number of rotatable bonds is 7. The molecule has 20 heavy (non-hydrogen) atoms. The first-order valence-corrected chi connectivity index (χ1v) is 6.40. The van der Waals surface area contributed by atoms with Gasteiger partial charge < -0.3 is 10.4 Å². The monoisotopic (exact) mass is 285 g/mol. The Morgan fingerprint density at radius 1 is 1.35 bits per heavy atom. The first kappa shape index (κ1) is 16.1. The van der Waals surface area contributed by atoms with Crippen LogP contribution in [0.5, 0.6) is 0 Å². The van der Waals surface area contributed by atoms with Gasteiger partial charge in [-0.25, -0.2) is 13.6 Å². The number of aliphatic carboxylic acids is 1. The third-order valence-corrected chi connectivity index (χ3v) is 2.86. The number of benzene rings is 1. The number of carbonyl (C=O) groups is 2. The van der Waals surface area contributed by atoms with Gasteiger partial charge in [0.05, 0.1) is 0 Å². The fourth-order valence-corrected chi connectivity index (χ4v) is 1.80. The van der Waals surface area contributed by atoms with Crippen molar-refractivity contribution >= 4 is 11.9 Å². The number of hydrogen-bond acceptors (Lipinski definition) is 2. The summed E-state index contributed by atoms with van der Waals surface area (Å²) < 4.78 is 26.3. The second-order valence-corrected chi connectivity index (χ2v) is 4.46. The lowest BCUT2D eigenvalue weighted by molar-refractivity contribution is -0.142. The molecule has 1 aromatic carbocycles. The molecule has 0 saturated heterocycles. The molecule has 0 bridgehead atoms. The number of nitrogens with one attached hydrogen (secondary N) is 1. The maximum absolute atomic E-state index is 13.4. The Labute approximate surface area is 115 Å². The molecule has 0 fully saturated rings. The fourth-order valence-electron chi connectivity index (χ4n) is 1.80. The number of hydrogen-bond donors (Lipinski definition) is 2. The summed E-state index contributed by atoms with van der Waals surface area (Å²) in [6.07, 6.45) is 0.882. The number of aryl methyl sites for hydroxylation is 1. The molecule has 4 nitrogen and oxygen atoms in total. The zero-order valence-corrected chi connectivity index (χ0v) is 11.2. The lowest BCUT2D eigenvalue weighted by Gasteiger charge is -2.13. The zero-order valence-electron chi connectivity index (χ0n) is 11.2. The van der Waals surface area contributed by atoms with E-state index in [1.54, 1.807) is 0 Å². The van der Waals surface area contributed by atoms with E-state index in [4.69, 9.17) is 5.11 Å². The molecule has 6 heteroatoms. The SMILES string of the molecule is CCCC(NC(=O)CCc1cccc(F)c1F)C(=O)O. The Morgan fingerprint density at radius 2 is 2.05 bits per heavy atom. The predicted octanol–water partition coefficient (Wildman–Crippen LogP) is 2.27. The van der Waals surface area contributed by atoms with Crippen molar-refractivity contribution in [2.24, 2.45) is 0 Å². The van der Waals surface area contributed by atoms with E-state index in [0.717, 1.165) is 6.07 Å². The highest BCUT2D eigenvalue weighted by molar-refractivity contribution is 5.83. The van der Waals surface area contributed by atoms with Crippen molar-refractivity contribution in [1.82, 2.24) is 5.32 Å². The first-order chi connectivity index (χ1) is 9.45. The van der Waals surface area contributed by atoms with Crippen LogP contribution in [0, 0.1) is 11.6 Å². The van der Waals surface area contributed by atoms with Crippen molar-refractivity contribution in [2.45, 2.75) is 38.6 Å². The Balaban J connectivity index is 2.54. The predicted molar refractivity (Wildman–Crippen MR) is 69.2 cm³/mol. The van der Waals surface area contributed by atoms with Crippen LogP contribution >= 0.6 is 0 Å². The quantitative estimate of drug-likeness (QED) is 0.807. The largest absolute Gasteiger partial charge is 0.480 e. The summed E-state index contributed by atoms with van der Waals surface area (Å²) in [4.78, 5) is 22.5. The number of carbonyl (C=O) groups excluding carboxylic acids is 1. The second-order valence-electron chi connectivity index (χ2n) is 4.46. The van der Waals surface area contributed by atoms with E-state index in [1.165, 1.54) is 12.1 Å². The van der Waals surface area contributed by atoms with Crippen LogP contribution in [-0.2, 0) is 16.0 Å². The summed E-state index contributed by atoms with van der Waals surface area (Å²) in [6.45, 7) is 1.81. The van der Waals surface area contributed by atoms with Gasteiger partial charge in [0.2, 0.25) is 5.91 Å². The molecule has 0 aliphatic heterocycles. The van der Waals surface area contributed by atoms with Crippen LogP contribution in [-0.4, -0.2) is 23.0 Å². The molecule has 1 aromatic rings. The van der Waals surface area contributed by atoms with Gasteiger partial charge in [-0.15, -0.1) is 0 Å². The molecule has 0 heterocycles. The Morgan fingerprint density at radius 3 is 2.65 bits per heavy atom. The van der Waals surface area contributed by atoms with Crippen LogP contribution in [0.25, 0.3) is 0 Å². The van der Waals surface area contributed by atoms with Gasteiger partial charge in [-0.05, 0) is 24.5 Å². The molecular weight excluding hydrogens is 268 g/mol. The lowest BCUT2D eigenvalue weighted by Crippen LogP contribution is -2.40. The zero-order chi connectivity index (χ0) is 15.1. The smallest absolute Gasteiger partial charge is 0.326 e. The van der Waals surface area contributed by atoms with Crippen molar-refractivity contribution in [3.05, 3.63) is 35.4 Å². The normalized spacial score (nSPS) is 11.9. The maximum Gasteiger partial charge on any atom is 0.326 e. The maximum atomic E-state index is 13.4. The number of carboxylic acids is 1. The molecule has 0 aliphatic carbocycles. The molecule has 0 aliphatic rings. The van der Waals surface area contributed by atoms with Gasteiger partial charge in [0.25, 0.3) is 0 Å². The minimum atomic E-state index is -1.10. The summed E-state index contributed by atoms with van der Waals surface area (Å²) in [5.74, 6) is -3.52. The number of carboxylic acid groups (broad SMARTS) is 1. The average molecular weight is 285 g/mol. The van der Waals surface area contributed by atoms with Crippen LogP contribution in [0.15, 0.2) is 18.2 Å². The van der Waals surface area contributed by atoms with Crippen molar-refractivity contribution < 1.29 is 23.5 Å². The fraction of sp³-hybridized carbons (Fsp3) is 0.429. The van der Waals surface area contributed by atoms with Crippen LogP contribution in [0.3, 0.4) is 0 Å². The molecule has 1 unspecified atom stereocenters. The van der Waals surface area contributed by atoms with Crippen molar-refractivity contribution in [3.63, 3.8) is 0 Å². The van der Waals surface area contributed by atoms with E-state index in [2.05, 4.69) is 5.32 Å². The number of halogens is 2. The molecule has 0 saturated carbocycles. The Kier molecular flexibility index (Phi) is 6.09. The molecule has 1 amide bonds. The molecule has 0 aromatic heterocycles. The molecule has 0 radical (unpaired) electrons. The van der Waals surface area contributed by atoms with Crippen LogP contribution in [0.2, 0.25) is 0 Å². The van der Waals surface area contributed by atoms with Crippen LogP contribution in [0.1, 0.15) is 31.7 Å². The third-order valence-electron chi connectivity index (χ3n) is 2.86. The van der Waals surface area contributed by atoms with E-state index < -0.39 is 29.6 Å². The summed E-state index contributed by atoms with van der Waals surface area (Å²) in [6, 6.07) is 2.82. The molecule has 110 valence electrons. The first-order valence-electron chi connectivity index (χ1n) is 6.40. The highest BCUT2D eigenvalue weighted by Crippen LogP contribution is 2.13. The minimum Gasteiger partial charge on any atom is -0.480 e. The standard InChI is InChI=1S/C14H17F2NO3/c1-2-4-11(14(19)20)17-12(18)8-7-9-5-3-6-10(15)13(9)16/h3,5-6,11H,2,4,7-8H2,1H3,(H,17,18)(H,19,20). The summed E-state index contributed by atoms with van der Waals surface area (Å²) in [5, 5.41) is 11.3. The Hall–Kier alpha value is -1.98. The van der Waals surface area contributed by atoms with Gasteiger partial charge in [-0.1, -0.05) is 25.5 Å². The van der Waals surface area contributed by atoms with Gasteiger partial charge in [-0.3, -0.25) is 4.79 Å². The van der Waals surface area contributed by atoms with Crippen molar-refractivity contribution in [1.29, 1.82) is 0 Å². The summed E-state index contributed by atoms with van der Waals surface area (Å²) in [7, 11) is 0. The van der Waals surface area contributed by atoms with E-state index in [9.17, 15) is 18.4 Å². The average Bonchev–Trinajstić information content (AvgIpc) is 2.40. The number of amides is 1. The van der Waals surface area contributed by atoms with Crippen LogP contribution in [0.4, 0.5) is 8.78 Å². The lowest BCUT2D eigenvalue weighted by atomic mass is 10.1. The van der Waals surface area contributed by atoms with Gasteiger partial charge in [0.1, 0.15) is 6.04 Å². The third kappa shape index (κ3) is 4.60. The topological polar surface area (TPSA) is 66.4 Å².